The number of aromatic nitrogens is 1. The van der Waals surface area contributed by atoms with E-state index >= 15 is 0 Å². The van der Waals surface area contributed by atoms with E-state index < -0.39 is 5.54 Å². The highest BCUT2D eigenvalue weighted by atomic mass is 35.5. The largest absolute Gasteiger partial charge is 0.381 e. The Bertz CT molecular complexity index is 865. The van der Waals surface area contributed by atoms with Crippen LogP contribution in [0.3, 0.4) is 0 Å². The van der Waals surface area contributed by atoms with Crippen LogP contribution in [0.25, 0.3) is 0 Å². The van der Waals surface area contributed by atoms with Gasteiger partial charge in [-0.25, -0.2) is 9.37 Å². The molecule has 2 aliphatic rings. The molecule has 27 heavy (non-hydrogen) atoms. The molecule has 2 aromatic rings. The lowest BCUT2D eigenvalue weighted by Crippen LogP contribution is -2.47. The molecule has 1 amide bonds. The Morgan fingerprint density at radius 2 is 2.30 bits per heavy atom. The van der Waals surface area contributed by atoms with E-state index in [1.165, 1.54) is 29.2 Å². The minimum atomic E-state index is -0.750. The third kappa shape index (κ3) is 3.82. The van der Waals surface area contributed by atoms with Crippen molar-refractivity contribution in [2.75, 3.05) is 24.3 Å². The number of carbonyl (C=O) groups excluding carboxylic acids is 1. The zero-order valence-corrected chi connectivity index (χ0v) is 16.6. The molecule has 1 saturated heterocycles. The lowest BCUT2D eigenvalue weighted by atomic mass is 9.75. The number of nitrogens with one attached hydrogen (secondary N) is 1. The van der Waals surface area contributed by atoms with E-state index in [1.807, 2.05) is 0 Å². The number of thiazole rings is 1. The van der Waals surface area contributed by atoms with Gasteiger partial charge in [0.25, 0.3) is 5.91 Å². The number of fused-ring (bicyclic) bond motifs is 1. The first-order valence-electron chi connectivity index (χ1n) is 8.15. The Balaban J connectivity index is 0.00000210. The molecule has 6 nitrogen and oxygen atoms in total. The van der Waals surface area contributed by atoms with Gasteiger partial charge in [-0.2, -0.15) is 0 Å². The van der Waals surface area contributed by atoms with Gasteiger partial charge in [-0.05, 0) is 18.2 Å². The van der Waals surface area contributed by atoms with E-state index in [2.05, 4.69) is 15.3 Å². The number of amides is 1. The molecule has 0 saturated carbocycles. The predicted molar refractivity (Wildman–Crippen MR) is 108 cm³/mol. The molecule has 3 N–H and O–H groups in total. The van der Waals surface area contributed by atoms with Crippen LogP contribution < -0.4 is 11.1 Å². The van der Waals surface area contributed by atoms with Gasteiger partial charge in [0.05, 0.1) is 12.1 Å². The number of hydrogen-bond donors (Lipinski definition) is 2. The summed E-state index contributed by atoms with van der Waals surface area (Å²) in [6.45, 7) is 1.01. The van der Waals surface area contributed by atoms with Crippen molar-refractivity contribution >= 4 is 52.3 Å². The van der Waals surface area contributed by atoms with Crippen molar-refractivity contribution < 1.29 is 13.9 Å². The number of amidine groups is 1. The first kappa shape index (κ1) is 20.1. The number of rotatable bonds is 3. The summed E-state index contributed by atoms with van der Waals surface area (Å²) in [4.78, 5) is 20.9. The number of carbonyl (C=O) groups is 1. The zero-order chi connectivity index (χ0) is 18.1. The Hall–Kier alpha value is -1.68. The molecular formula is C17H18ClFN4O2S2. The molecule has 4 rings (SSSR count). The van der Waals surface area contributed by atoms with Crippen LogP contribution in [0, 0.1) is 11.7 Å². The van der Waals surface area contributed by atoms with Crippen LogP contribution >= 0.6 is 35.5 Å². The van der Waals surface area contributed by atoms with Gasteiger partial charge in [0.15, 0.2) is 10.2 Å². The average molecular weight is 429 g/mol. The highest BCUT2D eigenvalue weighted by Crippen LogP contribution is 2.46. The molecule has 2 aliphatic heterocycles. The second-order valence-corrected chi connectivity index (χ2v) is 8.13. The number of halogens is 2. The van der Waals surface area contributed by atoms with E-state index in [0.717, 1.165) is 5.75 Å². The Morgan fingerprint density at radius 1 is 1.44 bits per heavy atom. The van der Waals surface area contributed by atoms with Gasteiger partial charge < -0.3 is 15.8 Å². The van der Waals surface area contributed by atoms with Gasteiger partial charge in [0.2, 0.25) is 0 Å². The van der Waals surface area contributed by atoms with Crippen LogP contribution in [-0.2, 0) is 10.3 Å². The predicted octanol–water partition coefficient (Wildman–Crippen LogP) is 3.25. The first-order chi connectivity index (χ1) is 12.6. The van der Waals surface area contributed by atoms with Crippen LogP contribution in [0.1, 0.15) is 21.8 Å². The number of hydrogen-bond acceptors (Lipinski definition) is 7. The number of thioether (sulfide) groups is 1. The summed E-state index contributed by atoms with van der Waals surface area (Å²) >= 11 is 2.71. The van der Waals surface area contributed by atoms with Crippen molar-refractivity contribution in [3.05, 3.63) is 46.2 Å². The molecule has 3 heterocycles. The second kappa shape index (κ2) is 8.14. The van der Waals surface area contributed by atoms with Crippen molar-refractivity contribution in [1.82, 2.24) is 4.98 Å². The molecule has 1 aromatic heterocycles. The molecule has 0 bridgehead atoms. The topological polar surface area (TPSA) is 89.6 Å². The van der Waals surface area contributed by atoms with Gasteiger partial charge in [-0.1, -0.05) is 11.8 Å². The number of aliphatic imine (C=N–C) groups is 1. The second-order valence-electron chi connectivity index (χ2n) is 6.19. The van der Waals surface area contributed by atoms with Gasteiger partial charge >= 0.3 is 0 Å². The summed E-state index contributed by atoms with van der Waals surface area (Å²) in [6.07, 6.45) is 2.12. The van der Waals surface area contributed by atoms with Crippen LogP contribution in [0.4, 0.5) is 10.1 Å². The van der Waals surface area contributed by atoms with Gasteiger partial charge in [-0.3, -0.25) is 9.79 Å². The first-order valence-corrected chi connectivity index (χ1v) is 10.0. The normalized spacial score (nSPS) is 24.3. The number of nitrogens with two attached hydrogens (primary N) is 1. The SMILES string of the molecule is Cl.NC1=N[C@@]2(c3cc(NC(=O)c4nccs4)ccc3F)CCOCC2CS1. The number of anilines is 1. The van der Waals surface area contributed by atoms with E-state index in [9.17, 15) is 9.18 Å². The maximum atomic E-state index is 14.8. The summed E-state index contributed by atoms with van der Waals surface area (Å²) in [5, 5.41) is 5.32. The zero-order valence-electron chi connectivity index (χ0n) is 14.2. The molecule has 10 heteroatoms. The van der Waals surface area contributed by atoms with Crippen molar-refractivity contribution in [3.8, 4) is 0 Å². The van der Waals surface area contributed by atoms with E-state index in [1.54, 1.807) is 23.7 Å². The molecule has 0 radical (unpaired) electrons. The number of nitrogens with zero attached hydrogens (tertiary/aromatic N) is 2. The standard InChI is InChI=1S/C17H17FN4O2S2.ClH/c18-13-2-1-11(21-14(23)15-20-4-6-25-15)7-12(13)17-3-5-24-8-10(17)9-26-16(19)22-17;/h1-2,4,6-7,10H,3,5,8-9H2,(H2,19,22)(H,21,23);1H/t10?,17-;/m0./s1. The van der Waals surface area contributed by atoms with E-state index in [0.29, 0.717) is 41.1 Å². The minimum absolute atomic E-state index is 0. The fourth-order valence-electron chi connectivity index (χ4n) is 3.41. The quantitative estimate of drug-likeness (QED) is 0.783. The number of ether oxygens (including phenoxy) is 1. The summed E-state index contributed by atoms with van der Waals surface area (Å²) in [6, 6.07) is 4.56. The van der Waals surface area contributed by atoms with Crippen LogP contribution in [0.15, 0.2) is 34.8 Å². The smallest absolute Gasteiger partial charge is 0.284 e. The molecule has 1 aromatic carbocycles. The molecule has 144 valence electrons. The Morgan fingerprint density at radius 3 is 3.07 bits per heavy atom. The van der Waals surface area contributed by atoms with Crippen LogP contribution in [-0.4, -0.2) is 35.0 Å². The molecular weight excluding hydrogens is 411 g/mol. The Kier molecular flexibility index (Phi) is 6.05. The summed E-state index contributed by atoms with van der Waals surface area (Å²) in [7, 11) is 0. The highest BCUT2D eigenvalue weighted by molar-refractivity contribution is 8.13. The van der Waals surface area contributed by atoms with Crippen molar-refractivity contribution in [3.63, 3.8) is 0 Å². The molecule has 2 atom stereocenters. The van der Waals surface area contributed by atoms with Gasteiger partial charge in [-0.15, -0.1) is 23.7 Å². The fourth-order valence-corrected chi connectivity index (χ4v) is 4.91. The van der Waals surface area contributed by atoms with Gasteiger partial charge in [0, 0.05) is 47.5 Å². The van der Waals surface area contributed by atoms with E-state index in [-0.39, 0.29) is 30.0 Å². The molecule has 1 fully saturated rings. The van der Waals surface area contributed by atoms with Crippen LogP contribution in [0.2, 0.25) is 0 Å². The lowest BCUT2D eigenvalue weighted by Gasteiger charge is -2.44. The average Bonchev–Trinajstić information content (AvgIpc) is 3.18. The van der Waals surface area contributed by atoms with Crippen molar-refractivity contribution in [1.29, 1.82) is 0 Å². The number of benzene rings is 1. The third-order valence-corrected chi connectivity index (χ3v) is 6.41. The monoisotopic (exact) mass is 428 g/mol. The summed E-state index contributed by atoms with van der Waals surface area (Å²) in [5.74, 6) is 0.0890. The maximum absolute atomic E-state index is 14.8. The summed E-state index contributed by atoms with van der Waals surface area (Å²) < 4.78 is 20.4. The molecule has 0 aliphatic carbocycles. The van der Waals surface area contributed by atoms with Crippen molar-refractivity contribution in [2.24, 2.45) is 16.6 Å². The molecule has 1 unspecified atom stereocenters. The summed E-state index contributed by atoms with van der Waals surface area (Å²) in [5.41, 5.74) is 6.18. The van der Waals surface area contributed by atoms with Crippen molar-refractivity contribution in [2.45, 2.75) is 12.0 Å². The fraction of sp³-hybridized carbons (Fsp3) is 0.353. The maximum Gasteiger partial charge on any atom is 0.284 e. The third-order valence-electron chi connectivity index (χ3n) is 4.68. The Labute approximate surface area is 170 Å². The minimum Gasteiger partial charge on any atom is -0.381 e. The lowest BCUT2D eigenvalue weighted by molar-refractivity contribution is 0.00886. The van der Waals surface area contributed by atoms with Gasteiger partial charge in [0.1, 0.15) is 5.82 Å². The molecule has 0 spiro atoms. The van der Waals surface area contributed by atoms with E-state index in [4.69, 9.17) is 10.5 Å². The highest BCUT2D eigenvalue weighted by Gasteiger charge is 2.47. The van der Waals surface area contributed by atoms with Crippen LogP contribution in [0.5, 0.6) is 0 Å².